The molecule has 1 aliphatic heterocycles. The van der Waals surface area contributed by atoms with Crippen LogP contribution in [0.3, 0.4) is 0 Å². The van der Waals surface area contributed by atoms with Crippen molar-refractivity contribution in [3.05, 3.63) is 34.3 Å². The van der Waals surface area contributed by atoms with E-state index in [-0.39, 0.29) is 11.9 Å². The minimum atomic E-state index is -0.258. The smallest absolute Gasteiger partial charge is 0.254 e. The van der Waals surface area contributed by atoms with Gasteiger partial charge in [0.15, 0.2) is 0 Å². The van der Waals surface area contributed by atoms with Gasteiger partial charge in [-0.2, -0.15) is 5.26 Å². The van der Waals surface area contributed by atoms with Gasteiger partial charge in [0, 0.05) is 16.6 Å². The Hall–Kier alpha value is -1.34. The van der Waals surface area contributed by atoms with Crippen molar-refractivity contribution < 1.29 is 4.79 Å². The van der Waals surface area contributed by atoms with Crippen molar-refractivity contribution in [1.82, 2.24) is 4.90 Å². The van der Waals surface area contributed by atoms with E-state index < -0.39 is 0 Å². The zero-order chi connectivity index (χ0) is 11.5. The maximum Gasteiger partial charge on any atom is 0.254 e. The number of carbonyl (C=O) groups is 1. The highest BCUT2D eigenvalue weighted by Crippen LogP contribution is 2.20. The van der Waals surface area contributed by atoms with E-state index in [2.05, 4.69) is 22.0 Å². The van der Waals surface area contributed by atoms with Gasteiger partial charge in [-0.25, -0.2) is 0 Å². The van der Waals surface area contributed by atoms with Gasteiger partial charge in [0.2, 0.25) is 0 Å². The fourth-order valence-corrected chi connectivity index (χ4v) is 2.33. The Labute approximate surface area is 103 Å². The molecule has 0 aliphatic carbocycles. The van der Waals surface area contributed by atoms with Crippen LogP contribution >= 0.6 is 15.9 Å². The average Bonchev–Trinajstić information content (AvgIpc) is 2.76. The van der Waals surface area contributed by atoms with Gasteiger partial charge in [-0.3, -0.25) is 4.79 Å². The van der Waals surface area contributed by atoms with Crippen LogP contribution < -0.4 is 0 Å². The third-order valence-corrected chi connectivity index (χ3v) is 3.23. The summed E-state index contributed by atoms with van der Waals surface area (Å²) in [6, 6.07) is 9.18. The van der Waals surface area contributed by atoms with Crippen molar-refractivity contribution in [2.24, 2.45) is 0 Å². The zero-order valence-corrected chi connectivity index (χ0v) is 10.3. The topological polar surface area (TPSA) is 44.1 Å². The van der Waals surface area contributed by atoms with E-state index in [1.165, 1.54) is 0 Å². The van der Waals surface area contributed by atoms with E-state index in [0.717, 1.165) is 17.3 Å². The molecule has 3 nitrogen and oxygen atoms in total. The standard InChI is InChI=1S/C12H11BrN2O/c13-10-4-1-3-9(7-10)12(16)15-6-2-5-11(15)8-14/h1,3-4,7,11H,2,5-6H2. The summed E-state index contributed by atoms with van der Waals surface area (Å²) in [4.78, 5) is 13.8. The number of rotatable bonds is 1. The lowest BCUT2D eigenvalue weighted by molar-refractivity contribution is 0.0765. The number of carbonyl (C=O) groups excluding carboxylic acids is 1. The minimum Gasteiger partial charge on any atom is -0.323 e. The Morgan fingerprint density at radius 1 is 1.56 bits per heavy atom. The molecule has 4 heteroatoms. The lowest BCUT2D eigenvalue weighted by Crippen LogP contribution is -2.34. The molecular formula is C12H11BrN2O. The third-order valence-electron chi connectivity index (χ3n) is 2.73. The van der Waals surface area contributed by atoms with Gasteiger partial charge in [-0.05, 0) is 31.0 Å². The van der Waals surface area contributed by atoms with Gasteiger partial charge < -0.3 is 4.90 Å². The number of hydrogen-bond donors (Lipinski definition) is 0. The van der Waals surface area contributed by atoms with Crippen LogP contribution in [0, 0.1) is 11.3 Å². The summed E-state index contributed by atoms with van der Waals surface area (Å²) in [5.74, 6) is -0.0506. The quantitative estimate of drug-likeness (QED) is 0.793. The average molecular weight is 279 g/mol. The van der Waals surface area contributed by atoms with Crippen LogP contribution in [0.25, 0.3) is 0 Å². The number of nitriles is 1. The first kappa shape index (κ1) is 11.2. The summed E-state index contributed by atoms with van der Waals surface area (Å²) >= 11 is 3.34. The largest absolute Gasteiger partial charge is 0.323 e. The van der Waals surface area contributed by atoms with Crippen LogP contribution in [0.4, 0.5) is 0 Å². The summed E-state index contributed by atoms with van der Waals surface area (Å²) in [6.45, 7) is 0.684. The normalized spacial score (nSPS) is 19.5. The number of benzene rings is 1. The fourth-order valence-electron chi connectivity index (χ4n) is 1.93. The first-order chi connectivity index (χ1) is 7.72. The number of hydrogen-bond acceptors (Lipinski definition) is 2. The van der Waals surface area contributed by atoms with E-state index in [0.29, 0.717) is 12.1 Å². The van der Waals surface area contributed by atoms with Crippen LogP contribution in [0.5, 0.6) is 0 Å². The van der Waals surface area contributed by atoms with E-state index >= 15 is 0 Å². The van der Waals surface area contributed by atoms with Crippen molar-refractivity contribution in [1.29, 1.82) is 5.26 Å². The molecule has 0 spiro atoms. The van der Waals surface area contributed by atoms with Crippen molar-refractivity contribution in [2.45, 2.75) is 18.9 Å². The molecule has 1 amide bonds. The molecule has 1 unspecified atom stereocenters. The Morgan fingerprint density at radius 3 is 3.06 bits per heavy atom. The second-order valence-electron chi connectivity index (χ2n) is 3.80. The molecule has 16 heavy (non-hydrogen) atoms. The van der Waals surface area contributed by atoms with Gasteiger partial charge >= 0.3 is 0 Å². The first-order valence-electron chi connectivity index (χ1n) is 5.18. The Bertz CT molecular complexity index is 453. The number of likely N-dealkylation sites (tertiary alicyclic amines) is 1. The predicted molar refractivity (Wildman–Crippen MR) is 63.8 cm³/mol. The molecule has 0 aromatic heterocycles. The molecule has 1 aromatic carbocycles. The van der Waals surface area contributed by atoms with E-state index in [1.807, 2.05) is 12.1 Å². The number of nitrogens with zero attached hydrogens (tertiary/aromatic N) is 2. The predicted octanol–water partition coefficient (Wildman–Crippen LogP) is 2.58. The lowest BCUT2D eigenvalue weighted by atomic mass is 10.2. The highest BCUT2D eigenvalue weighted by atomic mass is 79.9. The third kappa shape index (κ3) is 2.10. The summed E-state index contributed by atoms with van der Waals surface area (Å²) in [5, 5.41) is 8.93. The SMILES string of the molecule is N#CC1CCCN1C(=O)c1cccc(Br)c1. The molecule has 2 rings (SSSR count). The summed E-state index contributed by atoms with van der Waals surface area (Å²) in [7, 11) is 0. The monoisotopic (exact) mass is 278 g/mol. The van der Waals surface area contributed by atoms with Crippen LogP contribution in [0.15, 0.2) is 28.7 Å². The minimum absolute atomic E-state index is 0.0506. The van der Waals surface area contributed by atoms with Gasteiger partial charge in [0.25, 0.3) is 5.91 Å². The highest BCUT2D eigenvalue weighted by Gasteiger charge is 2.29. The fraction of sp³-hybridized carbons (Fsp3) is 0.333. The Balaban J connectivity index is 2.23. The molecule has 0 radical (unpaired) electrons. The van der Waals surface area contributed by atoms with Crippen molar-refractivity contribution in [2.75, 3.05) is 6.54 Å². The maximum absolute atomic E-state index is 12.1. The molecule has 82 valence electrons. The maximum atomic E-state index is 12.1. The summed E-state index contributed by atoms with van der Waals surface area (Å²) < 4.78 is 0.881. The number of amides is 1. The highest BCUT2D eigenvalue weighted by molar-refractivity contribution is 9.10. The molecule has 1 aliphatic rings. The molecule has 1 heterocycles. The Kier molecular flexibility index (Phi) is 3.25. The van der Waals surface area contributed by atoms with Crippen LogP contribution in [-0.4, -0.2) is 23.4 Å². The molecule has 0 saturated carbocycles. The second kappa shape index (κ2) is 4.67. The molecule has 0 N–H and O–H groups in total. The molecule has 0 bridgehead atoms. The van der Waals surface area contributed by atoms with E-state index in [4.69, 9.17) is 5.26 Å². The molecule has 1 saturated heterocycles. The first-order valence-corrected chi connectivity index (χ1v) is 5.98. The van der Waals surface area contributed by atoms with Gasteiger partial charge in [0.1, 0.15) is 6.04 Å². The molecule has 1 fully saturated rings. The lowest BCUT2D eigenvalue weighted by Gasteiger charge is -2.19. The zero-order valence-electron chi connectivity index (χ0n) is 8.69. The van der Waals surface area contributed by atoms with Gasteiger partial charge in [-0.1, -0.05) is 22.0 Å². The van der Waals surface area contributed by atoms with Gasteiger partial charge in [-0.15, -0.1) is 0 Å². The Morgan fingerprint density at radius 2 is 2.38 bits per heavy atom. The van der Waals surface area contributed by atoms with Crippen LogP contribution in [-0.2, 0) is 0 Å². The van der Waals surface area contributed by atoms with Crippen molar-refractivity contribution in [3.8, 4) is 6.07 Å². The van der Waals surface area contributed by atoms with Crippen LogP contribution in [0.2, 0.25) is 0 Å². The van der Waals surface area contributed by atoms with Gasteiger partial charge in [0.05, 0.1) is 6.07 Å². The number of halogens is 1. The van der Waals surface area contributed by atoms with E-state index in [9.17, 15) is 4.79 Å². The van der Waals surface area contributed by atoms with Crippen molar-refractivity contribution >= 4 is 21.8 Å². The van der Waals surface area contributed by atoms with E-state index in [1.54, 1.807) is 17.0 Å². The second-order valence-corrected chi connectivity index (χ2v) is 4.71. The van der Waals surface area contributed by atoms with Crippen LogP contribution in [0.1, 0.15) is 23.2 Å². The van der Waals surface area contributed by atoms with Crippen molar-refractivity contribution in [3.63, 3.8) is 0 Å². The molecule has 1 atom stereocenters. The summed E-state index contributed by atoms with van der Waals surface area (Å²) in [5.41, 5.74) is 0.636. The molecular weight excluding hydrogens is 268 g/mol. The molecule has 1 aromatic rings. The summed E-state index contributed by atoms with van der Waals surface area (Å²) in [6.07, 6.45) is 1.70.